The summed E-state index contributed by atoms with van der Waals surface area (Å²) >= 11 is 0. The minimum atomic E-state index is -2.12. The van der Waals surface area contributed by atoms with Crippen LogP contribution < -0.4 is 0 Å². The summed E-state index contributed by atoms with van der Waals surface area (Å²) in [6.07, 6.45) is 22.4. The Balaban J connectivity index is 0.827. The molecular weight excluding hydrogens is 525 g/mol. The van der Waals surface area contributed by atoms with Gasteiger partial charge in [0.25, 0.3) is 0 Å². The molecule has 0 heterocycles. The first-order valence-corrected chi connectivity index (χ1v) is 26.3. The monoisotopic (exact) mass is 580 g/mol. The van der Waals surface area contributed by atoms with Crippen LogP contribution in [0.1, 0.15) is 51.4 Å². The van der Waals surface area contributed by atoms with Gasteiger partial charge in [0.2, 0.25) is 0 Å². The lowest BCUT2D eigenvalue weighted by molar-refractivity contribution is 0.146. The van der Waals surface area contributed by atoms with E-state index in [0.717, 1.165) is 82.9 Å². The van der Waals surface area contributed by atoms with Crippen LogP contribution >= 0.6 is 0 Å². The molecule has 0 saturated heterocycles. The normalized spacial score (nSPS) is 50.1. The van der Waals surface area contributed by atoms with Crippen LogP contribution in [0.15, 0.2) is 24.3 Å². The van der Waals surface area contributed by atoms with Crippen molar-refractivity contribution in [2.45, 2.75) is 103 Å². The molecule has 0 amide bonds. The Morgan fingerprint density at radius 3 is 1.31 bits per heavy atom. The molecule has 6 saturated carbocycles. The van der Waals surface area contributed by atoms with Crippen molar-refractivity contribution in [2.24, 2.45) is 82.9 Å². The zero-order chi connectivity index (χ0) is 26.9. The lowest BCUT2D eigenvalue weighted by Gasteiger charge is -2.41. The predicted octanol–water partition coefficient (Wildman–Crippen LogP) is 9.10. The molecule has 0 N–H and O–H groups in total. The first kappa shape index (κ1) is 26.7. The molecule has 2 nitrogen and oxygen atoms in total. The van der Waals surface area contributed by atoms with Gasteiger partial charge >= 0.3 is 8.56 Å². The number of rotatable bonds is 10. The van der Waals surface area contributed by atoms with Gasteiger partial charge in [0.05, 0.1) is 0 Å². The van der Waals surface area contributed by atoms with E-state index in [1.807, 2.05) is 0 Å². The van der Waals surface area contributed by atoms with Gasteiger partial charge in [0.15, 0.2) is 16.6 Å². The van der Waals surface area contributed by atoms with Gasteiger partial charge in [-0.1, -0.05) is 37.1 Å². The molecule has 0 radical (unpaired) electrons. The highest BCUT2D eigenvalue weighted by Gasteiger charge is 2.62. The molecular formula is C34H56O2Si3. The van der Waals surface area contributed by atoms with Crippen molar-refractivity contribution >= 4 is 25.2 Å². The molecule has 8 bridgehead atoms. The van der Waals surface area contributed by atoms with Crippen LogP contribution in [-0.4, -0.2) is 25.2 Å². The summed E-state index contributed by atoms with van der Waals surface area (Å²) < 4.78 is 14.2. The molecule has 216 valence electrons. The van der Waals surface area contributed by atoms with E-state index in [1.165, 1.54) is 50.6 Å². The topological polar surface area (TPSA) is 18.5 Å². The van der Waals surface area contributed by atoms with Crippen LogP contribution in [-0.2, 0) is 8.23 Å². The van der Waals surface area contributed by atoms with Crippen molar-refractivity contribution in [3.63, 3.8) is 0 Å². The van der Waals surface area contributed by atoms with Crippen molar-refractivity contribution < 1.29 is 8.23 Å². The summed E-state index contributed by atoms with van der Waals surface area (Å²) in [5, 5.41) is 0. The minimum Gasteiger partial charge on any atom is -0.437 e. The average molecular weight is 581 g/mol. The van der Waals surface area contributed by atoms with Crippen LogP contribution in [0, 0.1) is 82.9 Å². The second-order valence-corrected chi connectivity index (χ2v) is 30.2. The van der Waals surface area contributed by atoms with Crippen LogP contribution in [0.5, 0.6) is 0 Å². The molecule has 14 atom stereocenters. The van der Waals surface area contributed by atoms with Crippen LogP contribution in [0.25, 0.3) is 0 Å². The molecule has 0 aromatic rings. The van der Waals surface area contributed by atoms with Crippen LogP contribution in [0.3, 0.4) is 0 Å². The predicted molar refractivity (Wildman–Crippen MR) is 168 cm³/mol. The summed E-state index contributed by atoms with van der Waals surface area (Å²) in [6, 6.07) is 2.68. The molecule has 0 spiro atoms. The molecule has 0 aromatic carbocycles. The Bertz CT molecular complexity index is 969. The lowest BCUT2D eigenvalue weighted by Crippen LogP contribution is -2.52. The van der Waals surface area contributed by atoms with E-state index in [1.54, 1.807) is 12.8 Å². The van der Waals surface area contributed by atoms with E-state index >= 15 is 0 Å². The molecule has 5 heteroatoms. The highest BCUT2D eigenvalue weighted by molar-refractivity contribution is 6.87. The summed E-state index contributed by atoms with van der Waals surface area (Å²) in [4.78, 5) is 0. The fourth-order valence-corrected chi connectivity index (χ4v) is 27.6. The summed E-state index contributed by atoms with van der Waals surface area (Å²) in [5.74, 6) is 14.2. The van der Waals surface area contributed by atoms with Gasteiger partial charge in [-0.3, -0.25) is 0 Å². The van der Waals surface area contributed by atoms with Crippen molar-refractivity contribution in [2.75, 3.05) is 0 Å². The van der Waals surface area contributed by atoms with Crippen molar-refractivity contribution in [1.29, 1.82) is 0 Å². The Morgan fingerprint density at radius 1 is 0.513 bits per heavy atom. The molecule has 8 rings (SSSR count). The Labute approximate surface area is 242 Å². The summed E-state index contributed by atoms with van der Waals surface area (Å²) in [6.45, 7) is 14.8. The van der Waals surface area contributed by atoms with Crippen LogP contribution in [0.4, 0.5) is 0 Å². The minimum absolute atomic E-state index is 0.942. The Morgan fingerprint density at radius 2 is 0.897 bits per heavy atom. The molecule has 8 aliphatic rings. The van der Waals surface area contributed by atoms with Gasteiger partial charge in [-0.2, -0.15) is 0 Å². The largest absolute Gasteiger partial charge is 0.437 e. The fraction of sp³-hybridized carbons (Fsp3) is 0.882. The lowest BCUT2D eigenvalue weighted by atomic mass is 9.69. The van der Waals surface area contributed by atoms with Gasteiger partial charge in [-0.15, -0.1) is 0 Å². The third-order valence-corrected chi connectivity index (χ3v) is 25.4. The summed E-state index contributed by atoms with van der Waals surface area (Å²) in [5.41, 5.74) is 0. The summed E-state index contributed by atoms with van der Waals surface area (Å²) in [7, 11) is -5.57. The van der Waals surface area contributed by atoms with Gasteiger partial charge in [-0.05, 0) is 173 Å². The first-order valence-electron chi connectivity index (χ1n) is 17.2. The van der Waals surface area contributed by atoms with E-state index in [0.29, 0.717) is 0 Å². The zero-order valence-electron chi connectivity index (χ0n) is 25.8. The van der Waals surface area contributed by atoms with Crippen molar-refractivity contribution in [3.05, 3.63) is 24.3 Å². The molecule has 8 aliphatic carbocycles. The zero-order valence-corrected chi connectivity index (χ0v) is 28.8. The Kier molecular flexibility index (Phi) is 6.17. The molecule has 0 aromatic heterocycles. The molecule has 6 fully saturated rings. The number of fused-ring (bicyclic) bond motifs is 18. The highest BCUT2D eigenvalue weighted by Crippen LogP contribution is 2.69. The van der Waals surface area contributed by atoms with Crippen molar-refractivity contribution in [1.82, 2.24) is 0 Å². The van der Waals surface area contributed by atoms with Gasteiger partial charge in [0.1, 0.15) is 0 Å². The molecule has 0 aliphatic heterocycles. The number of hydrogen-bond donors (Lipinski definition) is 0. The van der Waals surface area contributed by atoms with E-state index in [9.17, 15) is 0 Å². The first-order chi connectivity index (χ1) is 18.5. The quantitative estimate of drug-likeness (QED) is 0.146. The van der Waals surface area contributed by atoms with Gasteiger partial charge < -0.3 is 8.23 Å². The number of hydrogen-bond acceptors (Lipinski definition) is 2. The van der Waals surface area contributed by atoms with E-state index in [4.69, 9.17) is 8.23 Å². The van der Waals surface area contributed by atoms with Gasteiger partial charge in [-0.25, -0.2) is 0 Å². The third kappa shape index (κ3) is 4.40. The maximum Gasteiger partial charge on any atom is 0.311 e. The smallest absolute Gasteiger partial charge is 0.311 e. The second kappa shape index (κ2) is 9.03. The van der Waals surface area contributed by atoms with Crippen LogP contribution in [0.2, 0.25) is 51.4 Å². The fourth-order valence-electron chi connectivity index (χ4n) is 13.5. The van der Waals surface area contributed by atoms with E-state index in [2.05, 4.69) is 63.6 Å². The molecule has 39 heavy (non-hydrogen) atoms. The SMILES string of the molecule is C[Si](C)(CCC1CC2CC1C1C3C=CC(C3)C21)O[Si](C)(C)O[Si](C)(C)CCC1CC2CC1C1C3C=CC(C3)C21. The molecule has 14 unspecified atom stereocenters. The highest BCUT2D eigenvalue weighted by atomic mass is 28.5. The second-order valence-electron chi connectivity index (χ2n) is 17.7. The van der Waals surface area contributed by atoms with E-state index < -0.39 is 25.2 Å². The maximum absolute atomic E-state index is 7.12. The average Bonchev–Trinajstić information content (AvgIpc) is 3.69. The van der Waals surface area contributed by atoms with Crippen molar-refractivity contribution in [3.8, 4) is 0 Å². The van der Waals surface area contributed by atoms with E-state index in [-0.39, 0.29) is 0 Å². The number of allylic oxidation sites excluding steroid dienone is 4. The van der Waals surface area contributed by atoms with Gasteiger partial charge in [0, 0.05) is 0 Å². The standard InChI is InChI=1S/C34H56O2Si3/c1-37(2,13-11-21-15-27-19-29(21)33-25-9-7-23(17-25)31(27)33)35-39(5,6)36-38(3,4)14-12-22-16-28-20-30(22)34-26-10-8-24(18-26)32(28)34/h7-10,21-34H,11-20H2,1-6H3. The Hall–Kier alpha value is 0.0506. The third-order valence-electron chi connectivity index (χ3n) is 14.1. The maximum atomic E-state index is 7.12.